The van der Waals surface area contributed by atoms with Crippen molar-refractivity contribution in [2.45, 2.75) is 20.4 Å². The molecule has 0 aromatic carbocycles. The van der Waals surface area contributed by atoms with Crippen LogP contribution in [0.15, 0.2) is 5.38 Å². The van der Waals surface area contributed by atoms with Gasteiger partial charge in [-0.15, -0.1) is 11.3 Å². The van der Waals surface area contributed by atoms with Gasteiger partial charge in [-0.05, 0) is 27.1 Å². The lowest BCUT2D eigenvalue weighted by atomic mass is 10.2. The standard InChI is InChI=1S/C13H26N4S/c1-11(2)9-17(7-6-16(4)5)13-15-12(8-14-3)10-18-13/h10-11,14H,6-9H2,1-5H3. The van der Waals surface area contributed by atoms with Crippen LogP contribution in [-0.2, 0) is 6.54 Å². The Bertz CT molecular complexity index is 335. The number of nitrogens with zero attached hydrogens (tertiary/aromatic N) is 3. The first-order valence-corrected chi connectivity index (χ1v) is 7.39. The maximum absolute atomic E-state index is 4.69. The summed E-state index contributed by atoms with van der Waals surface area (Å²) >= 11 is 1.75. The molecule has 0 fully saturated rings. The number of thiazole rings is 1. The molecular weight excluding hydrogens is 244 g/mol. The van der Waals surface area contributed by atoms with Crippen molar-refractivity contribution in [3.8, 4) is 0 Å². The molecule has 0 spiro atoms. The molecule has 0 saturated carbocycles. The average molecular weight is 270 g/mol. The Morgan fingerprint density at radius 1 is 1.33 bits per heavy atom. The molecule has 0 aliphatic heterocycles. The van der Waals surface area contributed by atoms with Gasteiger partial charge in [-0.1, -0.05) is 13.8 Å². The van der Waals surface area contributed by atoms with E-state index in [1.807, 2.05) is 7.05 Å². The number of rotatable bonds is 8. The molecular formula is C13H26N4S. The summed E-state index contributed by atoms with van der Waals surface area (Å²) in [6.07, 6.45) is 0. The van der Waals surface area contributed by atoms with Crippen LogP contribution in [0.25, 0.3) is 0 Å². The fourth-order valence-electron chi connectivity index (χ4n) is 1.73. The normalized spacial score (nSPS) is 11.5. The fraction of sp³-hybridized carbons (Fsp3) is 0.769. The van der Waals surface area contributed by atoms with Crippen LogP contribution in [0.3, 0.4) is 0 Å². The molecule has 1 aromatic heterocycles. The van der Waals surface area contributed by atoms with E-state index in [2.05, 4.69) is 48.4 Å². The second kappa shape index (κ2) is 7.71. The fourth-order valence-corrected chi connectivity index (χ4v) is 2.59. The van der Waals surface area contributed by atoms with Gasteiger partial charge in [-0.3, -0.25) is 0 Å². The van der Waals surface area contributed by atoms with E-state index in [4.69, 9.17) is 4.98 Å². The van der Waals surface area contributed by atoms with E-state index in [0.29, 0.717) is 5.92 Å². The predicted molar refractivity (Wildman–Crippen MR) is 80.5 cm³/mol. The molecule has 1 N–H and O–H groups in total. The van der Waals surface area contributed by atoms with E-state index in [-0.39, 0.29) is 0 Å². The van der Waals surface area contributed by atoms with Gasteiger partial charge < -0.3 is 15.1 Å². The molecule has 0 aliphatic rings. The molecule has 0 amide bonds. The Hall–Kier alpha value is -0.650. The zero-order chi connectivity index (χ0) is 13.5. The van der Waals surface area contributed by atoms with Gasteiger partial charge in [-0.2, -0.15) is 0 Å². The van der Waals surface area contributed by atoms with E-state index >= 15 is 0 Å². The molecule has 0 saturated heterocycles. The molecule has 0 atom stereocenters. The van der Waals surface area contributed by atoms with Gasteiger partial charge in [0, 0.05) is 31.6 Å². The molecule has 104 valence electrons. The molecule has 0 aliphatic carbocycles. The molecule has 0 bridgehead atoms. The van der Waals surface area contributed by atoms with E-state index in [9.17, 15) is 0 Å². The van der Waals surface area contributed by atoms with Crippen molar-refractivity contribution in [1.82, 2.24) is 15.2 Å². The van der Waals surface area contributed by atoms with E-state index < -0.39 is 0 Å². The highest BCUT2D eigenvalue weighted by molar-refractivity contribution is 7.13. The van der Waals surface area contributed by atoms with Gasteiger partial charge in [-0.25, -0.2) is 4.98 Å². The summed E-state index contributed by atoms with van der Waals surface area (Å²) in [6, 6.07) is 0. The number of likely N-dealkylation sites (N-methyl/N-ethyl adjacent to an activating group) is 1. The summed E-state index contributed by atoms with van der Waals surface area (Å²) in [5.41, 5.74) is 1.14. The van der Waals surface area contributed by atoms with Gasteiger partial charge in [0.2, 0.25) is 0 Å². The van der Waals surface area contributed by atoms with Crippen molar-refractivity contribution < 1.29 is 0 Å². The largest absolute Gasteiger partial charge is 0.347 e. The summed E-state index contributed by atoms with van der Waals surface area (Å²) in [6.45, 7) is 8.53. The number of hydrogen-bond acceptors (Lipinski definition) is 5. The quantitative estimate of drug-likeness (QED) is 0.781. The topological polar surface area (TPSA) is 31.4 Å². The number of hydrogen-bond donors (Lipinski definition) is 1. The summed E-state index contributed by atoms with van der Waals surface area (Å²) < 4.78 is 0. The minimum atomic E-state index is 0.656. The Balaban J connectivity index is 2.67. The highest BCUT2D eigenvalue weighted by Gasteiger charge is 2.12. The van der Waals surface area contributed by atoms with Gasteiger partial charge in [0.1, 0.15) is 0 Å². The second-order valence-electron chi connectivity index (χ2n) is 5.29. The minimum Gasteiger partial charge on any atom is -0.347 e. The second-order valence-corrected chi connectivity index (χ2v) is 6.13. The van der Waals surface area contributed by atoms with Crippen LogP contribution < -0.4 is 10.2 Å². The van der Waals surface area contributed by atoms with Crippen molar-refractivity contribution >= 4 is 16.5 Å². The van der Waals surface area contributed by atoms with Gasteiger partial charge in [0.25, 0.3) is 0 Å². The minimum absolute atomic E-state index is 0.656. The molecule has 1 heterocycles. The van der Waals surface area contributed by atoms with Gasteiger partial charge in [0.15, 0.2) is 5.13 Å². The predicted octanol–water partition coefficient (Wildman–Crippen LogP) is 1.89. The van der Waals surface area contributed by atoms with Crippen LogP contribution in [0.5, 0.6) is 0 Å². The Morgan fingerprint density at radius 3 is 2.61 bits per heavy atom. The zero-order valence-electron chi connectivity index (χ0n) is 12.2. The third kappa shape index (κ3) is 5.33. The molecule has 1 rings (SSSR count). The number of nitrogens with one attached hydrogen (secondary N) is 1. The van der Waals surface area contributed by atoms with Crippen LogP contribution in [-0.4, -0.2) is 50.7 Å². The van der Waals surface area contributed by atoms with E-state index in [1.54, 1.807) is 11.3 Å². The number of anilines is 1. The molecule has 0 unspecified atom stereocenters. The molecule has 0 radical (unpaired) electrons. The summed E-state index contributed by atoms with van der Waals surface area (Å²) in [7, 11) is 6.18. The molecule has 18 heavy (non-hydrogen) atoms. The summed E-state index contributed by atoms with van der Waals surface area (Å²) in [5, 5.41) is 6.44. The van der Waals surface area contributed by atoms with Crippen molar-refractivity contribution in [3.63, 3.8) is 0 Å². The lowest BCUT2D eigenvalue weighted by Crippen LogP contribution is -2.34. The highest BCUT2D eigenvalue weighted by atomic mass is 32.1. The van der Waals surface area contributed by atoms with Gasteiger partial charge >= 0.3 is 0 Å². The van der Waals surface area contributed by atoms with Crippen LogP contribution in [0.4, 0.5) is 5.13 Å². The maximum atomic E-state index is 4.69. The lowest BCUT2D eigenvalue weighted by molar-refractivity contribution is 0.409. The van der Waals surface area contributed by atoms with Crippen LogP contribution >= 0.6 is 11.3 Å². The Morgan fingerprint density at radius 2 is 2.06 bits per heavy atom. The van der Waals surface area contributed by atoms with Crippen LogP contribution in [0.1, 0.15) is 19.5 Å². The monoisotopic (exact) mass is 270 g/mol. The zero-order valence-corrected chi connectivity index (χ0v) is 13.0. The Labute approximate surface area is 115 Å². The van der Waals surface area contributed by atoms with Gasteiger partial charge in [0.05, 0.1) is 5.69 Å². The smallest absolute Gasteiger partial charge is 0.185 e. The van der Waals surface area contributed by atoms with Crippen molar-refractivity contribution in [2.24, 2.45) is 5.92 Å². The SMILES string of the molecule is CNCc1csc(N(CCN(C)C)CC(C)C)n1. The molecule has 1 aromatic rings. The first kappa shape index (κ1) is 15.4. The summed E-state index contributed by atoms with van der Waals surface area (Å²) in [5.74, 6) is 0.656. The molecule has 4 nitrogen and oxygen atoms in total. The third-order valence-electron chi connectivity index (χ3n) is 2.57. The summed E-state index contributed by atoms with van der Waals surface area (Å²) in [4.78, 5) is 9.31. The van der Waals surface area contributed by atoms with E-state index in [0.717, 1.165) is 37.0 Å². The first-order chi connectivity index (χ1) is 8.52. The van der Waals surface area contributed by atoms with Crippen molar-refractivity contribution in [3.05, 3.63) is 11.1 Å². The lowest BCUT2D eigenvalue weighted by Gasteiger charge is -2.25. The maximum Gasteiger partial charge on any atom is 0.185 e. The van der Waals surface area contributed by atoms with Crippen LogP contribution in [0, 0.1) is 5.92 Å². The third-order valence-corrected chi connectivity index (χ3v) is 3.52. The Kier molecular flexibility index (Phi) is 6.60. The highest BCUT2D eigenvalue weighted by Crippen LogP contribution is 2.21. The van der Waals surface area contributed by atoms with Crippen molar-refractivity contribution in [1.29, 1.82) is 0 Å². The molecule has 5 heteroatoms. The first-order valence-electron chi connectivity index (χ1n) is 6.51. The average Bonchev–Trinajstić information content (AvgIpc) is 2.72. The van der Waals surface area contributed by atoms with E-state index in [1.165, 1.54) is 0 Å². The van der Waals surface area contributed by atoms with Crippen molar-refractivity contribution in [2.75, 3.05) is 45.7 Å². The number of aromatic nitrogens is 1. The van der Waals surface area contributed by atoms with Crippen LogP contribution in [0.2, 0.25) is 0 Å².